The molecule has 1 aliphatic rings. The Bertz CT molecular complexity index is 479. The van der Waals surface area contributed by atoms with E-state index >= 15 is 0 Å². The quantitative estimate of drug-likeness (QED) is 0.313. The molecule has 1 aromatic heterocycles. The summed E-state index contributed by atoms with van der Waals surface area (Å²) in [5.74, 6) is -0.0609. The third-order valence-electron chi connectivity index (χ3n) is 4.35. The largest absolute Gasteiger partial charge is 0.353 e. The molecule has 1 aliphatic carbocycles. The topological polar surface area (TPSA) is 81.8 Å². The van der Waals surface area contributed by atoms with Crippen molar-refractivity contribution < 1.29 is 4.79 Å². The monoisotopic (exact) mass is 441 g/mol. The molecule has 0 unspecified atom stereocenters. The van der Waals surface area contributed by atoms with Crippen LogP contribution in [0.1, 0.15) is 50.6 Å². The SMILES string of the molecule is Cl.Cl.Cl.O=C(/C=C/c1cnc[nH]1)NCCCCNCCNC1CCCCC1. The van der Waals surface area contributed by atoms with E-state index in [1.807, 2.05) is 0 Å². The molecule has 6 nitrogen and oxygen atoms in total. The van der Waals surface area contributed by atoms with Gasteiger partial charge in [-0.15, -0.1) is 37.2 Å². The first kappa shape index (κ1) is 28.4. The minimum absolute atomic E-state index is 0. The zero-order valence-corrected chi connectivity index (χ0v) is 18.2. The zero-order valence-electron chi connectivity index (χ0n) is 15.7. The van der Waals surface area contributed by atoms with Crippen LogP contribution in [0.2, 0.25) is 0 Å². The lowest BCUT2D eigenvalue weighted by Gasteiger charge is -2.22. The molecule has 0 aromatic carbocycles. The molecule has 158 valence electrons. The molecule has 1 heterocycles. The van der Waals surface area contributed by atoms with Crippen molar-refractivity contribution in [2.45, 2.75) is 51.0 Å². The number of unbranched alkanes of at least 4 members (excludes halogenated alkanes) is 1. The van der Waals surface area contributed by atoms with Gasteiger partial charge in [0.25, 0.3) is 0 Å². The van der Waals surface area contributed by atoms with Crippen LogP contribution in [0, 0.1) is 0 Å². The molecule has 27 heavy (non-hydrogen) atoms. The van der Waals surface area contributed by atoms with Gasteiger partial charge in [-0.25, -0.2) is 4.98 Å². The van der Waals surface area contributed by atoms with E-state index < -0.39 is 0 Å². The average molecular weight is 443 g/mol. The van der Waals surface area contributed by atoms with Crippen molar-refractivity contribution in [2.24, 2.45) is 0 Å². The normalized spacial score (nSPS) is 14.1. The first-order valence-corrected chi connectivity index (χ1v) is 9.23. The van der Waals surface area contributed by atoms with E-state index in [0.717, 1.165) is 44.2 Å². The van der Waals surface area contributed by atoms with Crippen molar-refractivity contribution in [2.75, 3.05) is 26.2 Å². The van der Waals surface area contributed by atoms with Crippen LogP contribution >= 0.6 is 37.2 Å². The molecule has 1 aromatic rings. The van der Waals surface area contributed by atoms with Crippen molar-refractivity contribution in [3.63, 3.8) is 0 Å². The van der Waals surface area contributed by atoms with Gasteiger partial charge in [-0.3, -0.25) is 4.79 Å². The van der Waals surface area contributed by atoms with Crippen molar-refractivity contribution >= 4 is 49.2 Å². The Morgan fingerprint density at radius 2 is 1.81 bits per heavy atom. The summed E-state index contributed by atoms with van der Waals surface area (Å²) in [5.41, 5.74) is 0.830. The summed E-state index contributed by atoms with van der Waals surface area (Å²) in [6.45, 7) is 3.80. The summed E-state index contributed by atoms with van der Waals surface area (Å²) in [5, 5.41) is 9.98. The van der Waals surface area contributed by atoms with Gasteiger partial charge in [0.15, 0.2) is 0 Å². The standard InChI is InChI=1S/C18H31N5O.3ClH/c24-18(9-8-17-14-20-15-23-17)22-11-5-4-10-19-12-13-21-16-6-2-1-3-7-16;;;/h8-9,14-16,19,21H,1-7,10-13H2,(H,20,23)(H,22,24);3*1H/b9-8+;;;. The van der Waals surface area contributed by atoms with Gasteiger partial charge in [-0.05, 0) is 38.3 Å². The van der Waals surface area contributed by atoms with E-state index in [2.05, 4.69) is 25.9 Å². The molecule has 0 atom stereocenters. The molecule has 1 amide bonds. The van der Waals surface area contributed by atoms with E-state index in [1.165, 1.54) is 38.2 Å². The van der Waals surface area contributed by atoms with Crippen LogP contribution in [0.5, 0.6) is 0 Å². The number of rotatable bonds is 11. The number of aromatic amines is 1. The van der Waals surface area contributed by atoms with Crippen LogP contribution in [0.25, 0.3) is 6.08 Å². The van der Waals surface area contributed by atoms with Crippen LogP contribution in [-0.4, -0.2) is 48.1 Å². The van der Waals surface area contributed by atoms with Gasteiger partial charge in [-0.1, -0.05) is 19.3 Å². The number of carbonyl (C=O) groups excluding carboxylic acids is 1. The highest BCUT2D eigenvalue weighted by atomic mass is 35.5. The van der Waals surface area contributed by atoms with Gasteiger partial charge in [0.2, 0.25) is 5.91 Å². The fraction of sp³-hybridized carbons (Fsp3) is 0.667. The lowest BCUT2D eigenvalue weighted by atomic mass is 9.95. The van der Waals surface area contributed by atoms with E-state index in [9.17, 15) is 4.79 Å². The lowest BCUT2D eigenvalue weighted by Crippen LogP contribution is -2.36. The molecule has 0 aliphatic heterocycles. The maximum absolute atomic E-state index is 11.6. The van der Waals surface area contributed by atoms with Crippen LogP contribution in [-0.2, 0) is 4.79 Å². The second-order valence-electron chi connectivity index (χ2n) is 6.38. The molecule has 0 bridgehead atoms. The van der Waals surface area contributed by atoms with Gasteiger partial charge >= 0.3 is 0 Å². The average Bonchev–Trinajstić information content (AvgIpc) is 3.13. The molecule has 1 fully saturated rings. The van der Waals surface area contributed by atoms with Crippen molar-refractivity contribution in [1.82, 2.24) is 25.9 Å². The van der Waals surface area contributed by atoms with Crippen molar-refractivity contribution in [3.05, 3.63) is 24.3 Å². The van der Waals surface area contributed by atoms with Gasteiger partial charge < -0.3 is 20.9 Å². The first-order chi connectivity index (χ1) is 11.8. The molecule has 1 saturated carbocycles. The number of aromatic nitrogens is 2. The Morgan fingerprint density at radius 1 is 1.07 bits per heavy atom. The Kier molecular flexibility index (Phi) is 19.5. The van der Waals surface area contributed by atoms with Crippen LogP contribution < -0.4 is 16.0 Å². The summed E-state index contributed by atoms with van der Waals surface area (Å²) >= 11 is 0. The number of nitrogens with zero attached hydrogens (tertiary/aromatic N) is 1. The zero-order chi connectivity index (χ0) is 16.9. The predicted molar refractivity (Wildman–Crippen MR) is 119 cm³/mol. The Balaban J connectivity index is 0. The summed E-state index contributed by atoms with van der Waals surface area (Å²) in [7, 11) is 0. The van der Waals surface area contributed by atoms with Crippen LogP contribution in [0.15, 0.2) is 18.6 Å². The number of hydrogen-bond acceptors (Lipinski definition) is 4. The number of carbonyl (C=O) groups is 1. The van der Waals surface area contributed by atoms with E-state index in [4.69, 9.17) is 0 Å². The fourth-order valence-electron chi connectivity index (χ4n) is 2.97. The van der Waals surface area contributed by atoms with Crippen LogP contribution in [0.4, 0.5) is 0 Å². The minimum Gasteiger partial charge on any atom is -0.353 e. The first-order valence-electron chi connectivity index (χ1n) is 9.23. The number of nitrogens with one attached hydrogen (secondary N) is 4. The van der Waals surface area contributed by atoms with Crippen LogP contribution in [0.3, 0.4) is 0 Å². The van der Waals surface area contributed by atoms with E-state index in [0.29, 0.717) is 6.54 Å². The molecule has 0 spiro atoms. The molecule has 2 rings (SSSR count). The lowest BCUT2D eigenvalue weighted by molar-refractivity contribution is -0.116. The van der Waals surface area contributed by atoms with E-state index in [-0.39, 0.29) is 43.1 Å². The summed E-state index contributed by atoms with van der Waals surface area (Å²) < 4.78 is 0. The van der Waals surface area contributed by atoms with Gasteiger partial charge in [0.05, 0.1) is 18.2 Å². The van der Waals surface area contributed by atoms with Gasteiger partial charge in [0, 0.05) is 31.8 Å². The number of amides is 1. The number of imidazole rings is 1. The fourth-order valence-corrected chi connectivity index (χ4v) is 2.97. The number of H-pyrrole nitrogens is 1. The molecular weight excluding hydrogens is 409 g/mol. The molecule has 0 radical (unpaired) electrons. The Morgan fingerprint density at radius 3 is 2.52 bits per heavy atom. The molecule has 0 saturated heterocycles. The number of halogens is 3. The van der Waals surface area contributed by atoms with Gasteiger partial charge in [0.1, 0.15) is 0 Å². The van der Waals surface area contributed by atoms with E-state index in [1.54, 1.807) is 18.6 Å². The summed E-state index contributed by atoms with van der Waals surface area (Å²) in [6, 6.07) is 0.741. The Hall–Kier alpha value is -0.790. The third-order valence-corrected chi connectivity index (χ3v) is 4.35. The third kappa shape index (κ3) is 13.9. The van der Waals surface area contributed by atoms with Crippen molar-refractivity contribution in [3.8, 4) is 0 Å². The highest BCUT2D eigenvalue weighted by molar-refractivity contribution is 5.91. The number of hydrogen-bond donors (Lipinski definition) is 4. The second kappa shape index (κ2) is 18.6. The second-order valence-corrected chi connectivity index (χ2v) is 6.38. The molecular formula is C18H34Cl3N5O. The summed E-state index contributed by atoms with van der Waals surface area (Å²) in [6.07, 6.45) is 15.5. The highest BCUT2D eigenvalue weighted by Gasteiger charge is 2.11. The predicted octanol–water partition coefficient (Wildman–Crippen LogP) is 3.10. The maximum Gasteiger partial charge on any atom is 0.244 e. The summed E-state index contributed by atoms with van der Waals surface area (Å²) in [4.78, 5) is 18.4. The molecule has 4 N–H and O–H groups in total. The van der Waals surface area contributed by atoms with Gasteiger partial charge in [-0.2, -0.15) is 0 Å². The Labute approximate surface area is 181 Å². The van der Waals surface area contributed by atoms with Crippen molar-refractivity contribution in [1.29, 1.82) is 0 Å². The highest BCUT2D eigenvalue weighted by Crippen LogP contribution is 2.16. The molecule has 9 heteroatoms. The maximum atomic E-state index is 11.6. The smallest absolute Gasteiger partial charge is 0.244 e. The minimum atomic E-state index is -0.0609.